The highest BCUT2D eigenvalue weighted by Gasteiger charge is 2.30. The van der Waals surface area contributed by atoms with E-state index >= 15 is 0 Å². The molecular weight excluding hydrogens is 485 g/mol. The van der Waals surface area contributed by atoms with Gasteiger partial charge in [-0.1, -0.05) is 49.2 Å². The second-order valence-electron chi connectivity index (χ2n) is 8.18. The van der Waals surface area contributed by atoms with Gasteiger partial charge in [-0.2, -0.15) is 4.31 Å². The maximum atomic E-state index is 13.2. The Labute approximate surface area is 205 Å². The van der Waals surface area contributed by atoms with Crippen LogP contribution in [-0.4, -0.2) is 55.6 Å². The number of sulfonamides is 1. The predicted molar refractivity (Wildman–Crippen MR) is 131 cm³/mol. The van der Waals surface area contributed by atoms with Gasteiger partial charge in [0.1, 0.15) is 6.04 Å². The first-order chi connectivity index (χ1) is 15.4. The van der Waals surface area contributed by atoms with Gasteiger partial charge in [-0.25, -0.2) is 8.42 Å². The molecule has 2 aromatic carbocycles. The highest BCUT2D eigenvalue weighted by Crippen LogP contribution is 2.19. The fourth-order valence-corrected chi connectivity index (χ4v) is 4.48. The minimum atomic E-state index is -3.93. The van der Waals surface area contributed by atoms with Crippen LogP contribution in [0.2, 0.25) is 10.0 Å². The first kappa shape index (κ1) is 27.1. The maximum Gasteiger partial charge on any atom is 0.243 e. The lowest BCUT2D eigenvalue weighted by Gasteiger charge is -2.30. The van der Waals surface area contributed by atoms with Crippen LogP contribution in [0.1, 0.15) is 26.3 Å². The molecule has 0 unspecified atom stereocenters. The van der Waals surface area contributed by atoms with Gasteiger partial charge in [0.05, 0.1) is 11.4 Å². The number of amides is 2. The van der Waals surface area contributed by atoms with Crippen molar-refractivity contribution in [3.05, 3.63) is 64.1 Å². The molecule has 0 aromatic heterocycles. The molecule has 2 amide bonds. The molecule has 0 fully saturated rings. The lowest BCUT2D eigenvalue weighted by Crippen LogP contribution is -2.51. The highest BCUT2D eigenvalue weighted by atomic mass is 35.5. The first-order valence-corrected chi connectivity index (χ1v) is 12.6. The molecule has 180 valence electrons. The molecule has 0 bridgehead atoms. The summed E-state index contributed by atoms with van der Waals surface area (Å²) < 4.78 is 26.8. The average molecular weight is 514 g/mol. The van der Waals surface area contributed by atoms with Crippen LogP contribution >= 0.6 is 23.2 Å². The van der Waals surface area contributed by atoms with Crippen molar-refractivity contribution in [2.45, 2.75) is 38.3 Å². The van der Waals surface area contributed by atoms with Gasteiger partial charge in [0.15, 0.2) is 0 Å². The Morgan fingerprint density at radius 3 is 2.21 bits per heavy atom. The number of nitrogens with one attached hydrogen (secondary N) is 1. The van der Waals surface area contributed by atoms with E-state index in [4.69, 9.17) is 23.2 Å². The first-order valence-electron chi connectivity index (χ1n) is 10.5. The van der Waals surface area contributed by atoms with E-state index in [1.165, 1.54) is 36.2 Å². The Hall–Kier alpha value is -2.13. The smallest absolute Gasteiger partial charge is 0.243 e. The number of benzene rings is 2. The van der Waals surface area contributed by atoms with Crippen molar-refractivity contribution >= 4 is 45.0 Å². The zero-order valence-corrected chi connectivity index (χ0v) is 21.4. The standard InChI is InChI=1S/C23H29Cl2N3O4S/c1-16(2)13-26-23(30)17(3)28(14-18-6-5-7-20(25)12-18)22(29)15-27(4)33(31,32)21-10-8-19(24)9-11-21/h5-12,16-17H,13-15H2,1-4H3,(H,26,30)/t17-/m0/s1. The monoisotopic (exact) mass is 513 g/mol. The van der Waals surface area contributed by atoms with Gasteiger partial charge in [-0.15, -0.1) is 0 Å². The summed E-state index contributed by atoms with van der Waals surface area (Å²) in [6.07, 6.45) is 0. The molecule has 33 heavy (non-hydrogen) atoms. The van der Waals surface area contributed by atoms with Crippen LogP contribution in [0.5, 0.6) is 0 Å². The van der Waals surface area contributed by atoms with E-state index in [-0.39, 0.29) is 23.3 Å². The second kappa shape index (κ2) is 11.8. The van der Waals surface area contributed by atoms with Gasteiger partial charge >= 0.3 is 0 Å². The Kier molecular flexibility index (Phi) is 9.72. The molecular formula is C23H29Cl2N3O4S. The Balaban J connectivity index is 2.25. The average Bonchev–Trinajstić information content (AvgIpc) is 2.75. The van der Waals surface area contributed by atoms with Crippen LogP contribution in [0.25, 0.3) is 0 Å². The zero-order chi connectivity index (χ0) is 24.8. The van der Waals surface area contributed by atoms with Crippen LogP contribution < -0.4 is 5.32 Å². The number of carbonyl (C=O) groups is 2. The molecule has 0 aliphatic carbocycles. The van der Waals surface area contributed by atoms with Crippen molar-refractivity contribution in [3.63, 3.8) is 0 Å². The quantitative estimate of drug-likeness (QED) is 0.523. The Morgan fingerprint density at radius 2 is 1.64 bits per heavy atom. The van der Waals surface area contributed by atoms with Crippen LogP contribution in [0, 0.1) is 5.92 Å². The van der Waals surface area contributed by atoms with E-state index < -0.39 is 28.5 Å². The molecule has 2 aromatic rings. The molecule has 0 saturated carbocycles. The second-order valence-corrected chi connectivity index (χ2v) is 11.1. The molecule has 7 nitrogen and oxygen atoms in total. The van der Waals surface area contributed by atoms with Gasteiger partial charge < -0.3 is 10.2 Å². The number of hydrogen-bond acceptors (Lipinski definition) is 4. The normalized spacial score (nSPS) is 12.6. The topological polar surface area (TPSA) is 86.8 Å². The molecule has 0 heterocycles. The molecule has 0 saturated heterocycles. The van der Waals surface area contributed by atoms with Crippen molar-refractivity contribution in [1.82, 2.24) is 14.5 Å². The van der Waals surface area contributed by atoms with Crippen LogP contribution in [0.3, 0.4) is 0 Å². The van der Waals surface area contributed by atoms with E-state index in [9.17, 15) is 18.0 Å². The SMILES string of the molecule is CC(C)CNC(=O)[C@H](C)N(Cc1cccc(Cl)c1)C(=O)CN(C)S(=O)(=O)c1ccc(Cl)cc1. The Bertz CT molecular complexity index is 1080. The van der Waals surface area contributed by atoms with E-state index in [0.29, 0.717) is 16.6 Å². The third-order valence-electron chi connectivity index (χ3n) is 4.97. The molecule has 10 heteroatoms. The van der Waals surface area contributed by atoms with Crippen molar-refractivity contribution in [3.8, 4) is 0 Å². The number of hydrogen-bond donors (Lipinski definition) is 1. The van der Waals surface area contributed by atoms with Gasteiger partial charge in [0, 0.05) is 30.2 Å². The fraction of sp³-hybridized carbons (Fsp3) is 0.391. The molecule has 0 spiro atoms. The van der Waals surface area contributed by atoms with Crippen molar-refractivity contribution in [2.24, 2.45) is 5.92 Å². The summed E-state index contributed by atoms with van der Waals surface area (Å²) in [4.78, 5) is 27.3. The van der Waals surface area contributed by atoms with E-state index in [1.807, 2.05) is 13.8 Å². The van der Waals surface area contributed by atoms with Gasteiger partial charge in [-0.3, -0.25) is 9.59 Å². The predicted octanol–water partition coefficient (Wildman–Crippen LogP) is 3.80. The summed E-state index contributed by atoms with van der Waals surface area (Å²) in [5, 5.41) is 3.73. The number of rotatable bonds is 10. The number of nitrogens with zero attached hydrogens (tertiary/aromatic N) is 2. The van der Waals surface area contributed by atoms with E-state index in [1.54, 1.807) is 31.2 Å². The van der Waals surface area contributed by atoms with Crippen LogP contribution in [0.4, 0.5) is 0 Å². The van der Waals surface area contributed by atoms with E-state index in [0.717, 1.165) is 9.87 Å². The lowest BCUT2D eigenvalue weighted by molar-refractivity contribution is -0.140. The summed E-state index contributed by atoms with van der Waals surface area (Å²) in [7, 11) is -2.60. The zero-order valence-electron chi connectivity index (χ0n) is 19.1. The van der Waals surface area contributed by atoms with Crippen molar-refractivity contribution in [1.29, 1.82) is 0 Å². The number of likely N-dealkylation sites (N-methyl/N-ethyl adjacent to an activating group) is 1. The number of halogens is 2. The van der Waals surface area contributed by atoms with E-state index in [2.05, 4.69) is 5.32 Å². The number of carbonyl (C=O) groups excluding carboxylic acids is 2. The maximum absolute atomic E-state index is 13.2. The summed E-state index contributed by atoms with van der Waals surface area (Å²) >= 11 is 11.9. The molecule has 1 N–H and O–H groups in total. The Morgan fingerprint density at radius 1 is 1.00 bits per heavy atom. The summed E-state index contributed by atoms with van der Waals surface area (Å²) in [6.45, 7) is 5.68. The van der Waals surface area contributed by atoms with Crippen LogP contribution in [-0.2, 0) is 26.2 Å². The molecule has 0 aliphatic rings. The largest absolute Gasteiger partial charge is 0.354 e. The fourth-order valence-electron chi connectivity index (χ4n) is 3.02. The van der Waals surface area contributed by atoms with Gasteiger partial charge in [0.25, 0.3) is 0 Å². The van der Waals surface area contributed by atoms with Crippen LogP contribution in [0.15, 0.2) is 53.4 Å². The van der Waals surface area contributed by atoms with Gasteiger partial charge in [0.2, 0.25) is 21.8 Å². The minimum Gasteiger partial charge on any atom is -0.354 e. The third kappa shape index (κ3) is 7.71. The minimum absolute atomic E-state index is 0.0197. The summed E-state index contributed by atoms with van der Waals surface area (Å²) in [6, 6.07) is 11.8. The molecule has 2 rings (SSSR count). The molecule has 0 radical (unpaired) electrons. The lowest BCUT2D eigenvalue weighted by atomic mass is 10.1. The van der Waals surface area contributed by atoms with Crippen molar-refractivity contribution in [2.75, 3.05) is 20.1 Å². The molecule has 1 atom stereocenters. The highest BCUT2D eigenvalue weighted by molar-refractivity contribution is 7.89. The molecule has 0 aliphatic heterocycles. The summed E-state index contributed by atoms with van der Waals surface area (Å²) in [5.41, 5.74) is 0.725. The van der Waals surface area contributed by atoms with Gasteiger partial charge in [-0.05, 0) is 54.8 Å². The van der Waals surface area contributed by atoms with Crippen molar-refractivity contribution < 1.29 is 18.0 Å². The third-order valence-corrected chi connectivity index (χ3v) is 7.28. The summed E-state index contributed by atoms with van der Waals surface area (Å²) in [5.74, 6) is -0.585.